The van der Waals surface area contributed by atoms with Gasteiger partial charge in [0.2, 0.25) is 0 Å². The molecule has 0 heterocycles. The van der Waals surface area contributed by atoms with Gasteiger partial charge in [-0.2, -0.15) is 0 Å². The van der Waals surface area contributed by atoms with Crippen molar-refractivity contribution in [2.24, 2.45) is 5.73 Å². The molecule has 0 aromatic heterocycles. The molecule has 0 saturated carbocycles. The van der Waals surface area contributed by atoms with E-state index >= 15 is 0 Å². The summed E-state index contributed by atoms with van der Waals surface area (Å²) in [5, 5.41) is 0. The van der Waals surface area contributed by atoms with Crippen LogP contribution in [0, 0.1) is 5.82 Å². The number of hydrogen-bond acceptors (Lipinski definition) is 2. The van der Waals surface area contributed by atoms with Crippen LogP contribution in [0.3, 0.4) is 0 Å². The minimum absolute atomic E-state index is 0.158. The molecule has 2 rings (SSSR count). The van der Waals surface area contributed by atoms with E-state index < -0.39 is 0 Å². The smallest absolute Gasteiger partial charge is 0.130 e. The van der Waals surface area contributed by atoms with Crippen LogP contribution in [0.4, 0.5) is 4.39 Å². The average molecular weight is 340 g/mol. The molecule has 0 aliphatic carbocycles. The van der Waals surface area contributed by atoms with Crippen LogP contribution in [0.15, 0.2) is 46.9 Å². The van der Waals surface area contributed by atoms with Gasteiger partial charge in [0.05, 0.1) is 0 Å². The highest BCUT2D eigenvalue weighted by atomic mass is 79.9. The number of nitrogens with two attached hydrogens (primary N) is 1. The van der Waals surface area contributed by atoms with Crippen molar-refractivity contribution in [1.82, 2.24) is 0 Å². The van der Waals surface area contributed by atoms with E-state index in [4.69, 9.17) is 22.7 Å². The van der Waals surface area contributed by atoms with Gasteiger partial charge in [-0.1, -0.05) is 40.3 Å². The summed E-state index contributed by atoms with van der Waals surface area (Å²) in [6.07, 6.45) is 0. The molecular formula is C14H11BrFNOS. The maximum atomic E-state index is 13.8. The summed E-state index contributed by atoms with van der Waals surface area (Å²) in [5.74, 6) is 0.309. The average Bonchev–Trinajstić information content (AvgIpc) is 2.39. The maximum absolute atomic E-state index is 13.8. The molecule has 5 heteroatoms. The Balaban J connectivity index is 2.07. The normalized spacial score (nSPS) is 10.2. The molecule has 0 radical (unpaired) electrons. The van der Waals surface area contributed by atoms with E-state index in [0.29, 0.717) is 16.9 Å². The summed E-state index contributed by atoms with van der Waals surface area (Å²) in [6, 6.07) is 12.0. The first-order valence-corrected chi connectivity index (χ1v) is 6.73. The van der Waals surface area contributed by atoms with Crippen molar-refractivity contribution < 1.29 is 9.13 Å². The zero-order valence-electron chi connectivity index (χ0n) is 9.90. The highest BCUT2D eigenvalue weighted by Crippen LogP contribution is 2.18. The first-order valence-electron chi connectivity index (χ1n) is 5.53. The third-order valence-corrected chi connectivity index (χ3v) is 3.31. The van der Waals surface area contributed by atoms with Gasteiger partial charge in [0.1, 0.15) is 23.2 Å². The molecule has 0 atom stereocenters. The lowest BCUT2D eigenvalue weighted by Crippen LogP contribution is -2.10. The number of benzene rings is 2. The number of rotatable bonds is 4. The van der Waals surface area contributed by atoms with Gasteiger partial charge in [-0.25, -0.2) is 4.39 Å². The Kier molecular flexibility index (Phi) is 4.50. The van der Waals surface area contributed by atoms with Gasteiger partial charge < -0.3 is 10.5 Å². The minimum atomic E-state index is -0.373. The van der Waals surface area contributed by atoms with Gasteiger partial charge >= 0.3 is 0 Å². The molecule has 0 aliphatic heterocycles. The number of halogens is 2. The van der Waals surface area contributed by atoms with Crippen LogP contribution in [-0.4, -0.2) is 4.99 Å². The van der Waals surface area contributed by atoms with Gasteiger partial charge in [0.25, 0.3) is 0 Å². The highest BCUT2D eigenvalue weighted by Gasteiger charge is 2.06. The molecule has 0 fully saturated rings. The molecule has 98 valence electrons. The third-order valence-electron chi connectivity index (χ3n) is 2.55. The second-order valence-corrected chi connectivity index (χ2v) is 5.27. The number of ether oxygens (including phenoxy) is 1. The Morgan fingerprint density at radius 1 is 1.21 bits per heavy atom. The van der Waals surface area contributed by atoms with Crippen LogP contribution in [0.25, 0.3) is 0 Å². The van der Waals surface area contributed by atoms with Crippen molar-refractivity contribution in [3.05, 3.63) is 63.9 Å². The van der Waals surface area contributed by atoms with Crippen LogP contribution >= 0.6 is 28.1 Å². The van der Waals surface area contributed by atoms with Crippen LogP contribution < -0.4 is 10.5 Å². The molecule has 2 nitrogen and oxygen atoms in total. The Hall–Kier alpha value is -1.46. The second-order valence-electron chi connectivity index (χ2n) is 3.91. The molecular weight excluding hydrogens is 329 g/mol. The number of hydrogen-bond donors (Lipinski definition) is 1. The van der Waals surface area contributed by atoms with Gasteiger partial charge in [0, 0.05) is 15.6 Å². The van der Waals surface area contributed by atoms with Crippen LogP contribution in [0.2, 0.25) is 0 Å². The Morgan fingerprint density at radius 2 is 1.89 bits per heavy atom. The van der Waals surface area contributed by atoms with Crippen LogP contribution in [0.5, 0.6) is 5.75 Å². The fourth-order valence-corrected chi connectivity index (χ4v) is 1.90. The van der Waals surface area contributed by atoms with Crippen molar-refractivity contribution in [3.8, 4) is 5.75 Å². The standard InChI is InChI=1S/C14H11BrFNOS/c15-11-3-5-12(6-4-11)18-8-10-2-1-9(14(17)19)7-13(10)16/h1-7H,8H2,(H2,17,19). The van der Waals surface area contributed by atoms with Crippen molar-refractivity contribution in [1.29, 1.82) is 0 Å². The maximum Gasteiger partial charge on any atom is 0.130 e. The van der Waals surface area contributed by atoms with Crippen molar-refractivity contribution in [3.63, 3.8) is 0 Å². The highest BCUT2D eigenvalue weighted by molar-refractivity contribution is 9.10. The van der Waals surface area contributed by atoms with Crippen molar-refractivity contribution in [2.45, 2.75) is 6.61 Å². The fourth-order valence-electron chi connectivity index (χ4n) is 1.51. The van der Waals surface area contributed by atoms with Crippen LogP contribution in [-0.2, 0) is 6.61 Å². The van der Waals surface area contributed by atoms with E-state index in [9.17, 15) is 4.39 Å². The van der Waals surface area contributed by atoms with Crippen molar-refractivity contribution in [2.75, 3.05) is 0 Å². The van der Waals surface area contributed by atoms with Gasteiger partial charge in [-0.15, -0.1) is 0 Å². The lowest BCUT2D eigenvalue weighted by atomic mass is 10.1. The molecule has 0 unspecified atom stereocenters. The van der Waals surface area contributed by atoms with E-state index in [1.807, 2.05) is 24.3 Å². The van der Waals surface area contributed by atoms with E-state index in [1.165, 1.54) is 6.07 Å². The Morgan fingerprint density at radius 3 is 2.47 bits per heavy atom. The molecule has 0 spiro atoms. The molecule has 0 aliphatic rings. The second kappa shape index (κ2) is 6.12. The molecule has 2 aromatic carbocycles. The molecule has 2 aromatic rings. The molecule has 2 N–H and O–H groups in total. The molecule has 0 amide bonds. The predicted molar refractivity (Wildman–Crippen MR) is 80.8 cm³/mol. The lowest BCUT2D eigenvalue weighted by molar-refractivity contribution is 0.300. The summed E-state index contributed by atoms with van der Waals surface area (Å²) >= 11 is 8.13. The quantitative estimate of drug-likeness (QED) is 0.860. The Labute approximate surface area is 124 Å². The summed E-state index contributed by atoms with van der Waals surface area (Å²) in [4.78, 5) is 0.180. The minimum Gasteiger partial charge on any atom is -0.489 e. The molecule has 0 saturated heterocycles. The van der Waals surface area contributed by atoms with E-state index in [2.05, 4.69) is 15.9 Å². The van der Waals surface area contributed by atoms with Crippen LogP contribution in [0.1, 0.15) is 11.1 Å². The third kappa shape index (κ3) is 3.75. The van der Waals surface area contributed by atoms with E-state index in [1.54, 1.807) is 12.1 Å². The first-order chi connectivity index (χ1) is 9.06. The van der Waals surface area contributed by atoms with Gasteiger partial charge in [0.15, 0.2) is 0 Å². The Bertz CT molecular complexity index is 601. The fraction of sp³-hybridized carbons (Fsp3) is 0.0714. The summed E-state index contributed by atoms with van der Waals surface area (Å²) < 4.78 is 20.2. The monoisotopic (exact) mass is 339 g/mol. The van der Waals surface area contributed by atoms with Gasteiger partial charge in [-0.05, 0) is 30.3 Å². The van der Waals surface area contributed by atoms with E-state index in [-0.39, 0.29) is 17.4 Å². The summed E-state index contributed by atoms with van der Waals surface area (Å²) in [5.41, 5.74) is 6.42. The largest absolute Gasteiger partial charge is 0.489 e. The predicted octanol–water partition coefficient (Wildman–Crippen LogP) is 3.80. The molecule has 0 bridgehead atoms. The molecule has 19 heavy (non-hydrogen) atoms. The summed E-state index contributed by atoms with van der Waals surface area (Å²) in [7, 11) is 0. The topological polar surface area (TPSA) is 35.2 Å². The zero-order valence-corrected chi connectivity index (χ0v) is 12.3. The SMILES string of the molecule is NC(=S)c1ccc(COc2ccc(Br)cc2)c(F)c1. The zero-order chi connectivity index (χ0) is 13.8. The first kappa shape index (κ1) is 14.0. The number of thiocarbonyl (C=S) groups is 1. The summed E-state index contributed by atoms with van der Waals surface area (Å²) in [6.45, 7) is 0.158. The lowest BCUT2D eigenvalue weighted by Gasteiger charge is -2.08. The van der Waals surface area contributed by atoms with Gasteiger partial charge in [-0.3, -0.25) is 0 Å². The van der Waals surface area contributed by atoms with E-state index in [0.717, 1.165) is 4.47 Å². The van der Waals surface area contributed by atoms with Crippen molar-refractivity contribution >= 4 is 33.1 Å².